The molecule has 4 rings (SSSR count). The third kappa shape index (κ3) is 3.54. The van der Waals surface area contributed by atoms with Crippen LogP contribution in [0.25, 0.3) is 21.5 Å². The summed E-state index contributed by atoms with van der Waals surface area (Å²) >= 11 is 0.591. The molecule has 0 radical (unpaired) electrons. The van der Waals surface area contributed by atoms with Gasteiger partial charge >= 0.3 is 6.18 Å². The van der Waals surface area contributed by atoms with Gasteiger partial charge in [0.25, 0.3) is 0 Å². The Kier molecular flexibility index (Phi) is 4.49. The first-order valence-electron chi connectivity index (χ1n) is 8.17. The van der Waals surface area contributed by atoms with E-state index in [2.05, 4.69) is 26.3 Å². The highest BCUT2D eigenvalue weighted by Gasteiger charge is 2.34. The van der Waals surface area contributed by atoms with Gasteiger partial charge in [-0.1, -0.05) is 24.3 Å². The molecule has 0 saturated heterocycles. The first kappa shape index (κ1) is 18.0. The number of imidazole rings is 1. The Balaban J connectivity index is 1.54. The summed E-state index contributed by atoms with van der Waals surface area (Å²) in [6.07, 6.45) is -1.64. The maximum atomic E-state index is 12.7. The van der Waals surface area contributed by atoms with Crippen LogP contribution in [0.2, 0.25) is 0 Å². The van der Waals surface area contributed by atoms with Gasteiger partial charge in [0.15, 0.2) is 5.01 Å². The molecule has 4 aromatic rings. The van der Waals surface area contributed by atoms with Crippen molar-refractivity contribution in [3.05, 3.63) is 65.6 Å². The van der Waals surface area contributed by atoms with Crippen LogP contribution >= 0.6 is 11.3 Å². The molecule has 140 valence electrons. The number of nitriles is 1. The summed E-state index contributed by atoms with van der Waals surface area (Å²) < 4.78 is 38.1. The van der Waals surface area contributed by atoms with Gasteiger partial charge in [-0.15, -0.1) is 11.3 Å². The normalized spacial score (nSPS) is 12.6. The van der Waals surface area contributed by atoms with Crippen molar-refractivity contribution in [1.82, 2.24) is 15.0 Å². The lowest BCUT2D eigenvalue weighted by Gasteiger charge is -2.14. The number of nitrogens with zero attached hydrogens (tertiary/aromatic N) is 3. The number of anilines is 1. The Labute approximate surface area is 161 Å². The average molecular weight is 399 g/mol. The lowest BCUT2D eigenvalue weighted by Crippen LogP contribution is -2.08. The molecule has 0 bridgehead atoms. The SMILES string of the molecule is N#CC(Nc1ccc2nc[nH]c2c1)c1ccc(-c2cnc(C(F)(F)F)s2)cc1. The van der Waals surface area contributed by atoms with Gasteiger partial charge < -0.3 is 10.3 Å². The number of fused-ring (bicyclic) bond motifs is 1. The van der Waals surface area contributed by atoms with Crippen LogP contribution in [-0.2, 0) is 6.18 Å². The van der Waals surface area contributed by atoms with Crippen molar-refractivity contribution in [2.24, 2.45) is 0 Å². The van der Waals surface area contributed by atoms with Gasteiger partial charge in [-0.25, -0.2) is 9.97 Å². The highest BCUT2D eigenvalue weighted by atomic mass is 32.1. The van der Waals surface area contributed by atoms with E-state index in [1.807, 2.05) is 18.2 Å². The van der Waals surface area contributed by atoms with Crippen molar-refractivity contribution in [3.63, 3.8) is 0 Å². The topological polar surface area (TPSA) is 77.4 Å². The van der Waals surface area contributed by atoms with E-state index < -0.39 is 17.2 Å². The van der Waals surface area contributed by atoms with Crippen molar-refractivity contribution >= 4 is 28.1 Å². The standard InChI is InChI=1S/C19H12F3N5S/c20-19(21,22)18-24-9-17(28-18)12-3-1-11(2-4-12)16(8-23)27-13-5-6-14-15(7-13)26-10-25-14/h1-7,9-10,16,27H,(H,25,26). The summed E-state index contributed by atoms with van der Waals surface area (Å²) in [5.74, 6) is 0. The molecule has 1 unspecified atom stereocenters. The minimum absolute atomic E-state index is 0.421. The molecule has 1 atom stereocenters. The molecule has 5 nitrogen and oxygen atoms in total. The number of hydrogen-bond donors (Lipinski definition) is 2. The number of H-pyrrole nitrogens is 1. The molecule has 28 heavy (non-hydrogen) atoms. The van der Waals surface area contributed by atoms with Gasteiger partial charge in [0.1, 0.15) is 6.04 Å². The first-order valence-corrected chi connectivity index (χ1v) is 8.98. The van der Waals surface area contributed by atoms with Crippen LogP contribution in [0, 0.1) is 11.3 Å². The lowest BCUT2D eigenvalue weighted by atomic mass is 10.0. The third-order valence-corrected chi connectivity index (χ3v) is 5.23. The maximum Gasteiger partial charge on any atom is 0.443 e. The number of aromatic nitrogens is 3. The molecular formula is C19H12F3N5S. The second kappa shape index (κ2) is 6.98. The number of alkyl halides is 3. The number of halogens is 3. The monoisotopic (exact) mass is 399 g/mol. The minimum Gasteiger partial charge on any atom is -0.366 e. The fourth-order valence-corrected chi connectivity index (χ4v) is 3.55. The quantitative estimate of drug-likeness (QED) is 0.483. The second-order valence-electron chi connectivity index (χ2n) is 5.99. The molecule has 0 spiro atoms. The highest BCUT2D eigenvalue weighted by molar-refractivity contribution is 7.15. The molecule has 2 aromatic heterocycles. The maximum absolute atomic E-state index is 12.7. The molecule has 0 aliphatic rings. The molecule has 0 fully saturated rings. The van der Waals surface area contributed by atoms with Gasteiger partial charge in [-0.3, -0.25) is 0 Å². The summed E-state index contributed by atoms with van der Waals surface area (Å²) in [4.78, 5) is 11.0. The van der Waals surface area contributed by atoms with E-state index in [0.717, 1.165) is 16.7 Å². The van der Waals surface area contributed by atoms with E-state index in [4.69, 9.17) is 0 Å². The molecule has 0 aliphatic carbocycles. The van der Waals surface area contributed by atoms with E-state index in [1.165, 1.54) is 6.20 Å². The molecule has 0 amide bonds. The van der Waals surface area contributed by atoms with Crippen LogP contribution in [0.3, 0.4) is 0 Å². The van der Waals surface area contributed by atoms with E-state index in [-0.39, 0.29) is 0 Å². The van der Waals surface area contributed by atoms with Crippen molar-refractivity contribution in [2.45, 2.75) is 12.2 Å². The van der Waals surface area contributed by atoms with Crippen LogP contribution in [-0.4, -0.2) is 15.0 Å². The van der Waals surface area contributed by atoms with Gasteiger partial charge in [0, 0.05) is 11.9 Å². The Bertz CT molecular complexity index is 1150. The van der Waals surface area contributed by atoms with E-state index in [9.17, 15) is 18.4 Å². The summed E-state index contributed by atoms with van der Waals surface area (Å²) in [5.41, 5.74) is 3.75. The molecule has 0 aliphatic heterocycles. The second-order valence-corrected chi connectivity index (χ2v) is 7.02. The summed E-state index contributed by atoms with van der Waals surface area (Å²) in [5, 5.41) is 11.8. The highest BCUT2D eigenvalue weighted by Crippen LogP contribution is 2.36. The zero-order valence-corrected chi connectivity index (χ0v) is 15.0. The Morgan fingerprint density at radius 1 is 1.11 bits per heavy atom. The Morgan fingerprint density at radius 2 is 1.89 bits per heavy atom. The number of aromatic amines is 1. The number of benzene rings is 2. The minimum atomic E-state index is -4.45. The molecule has 9 heteroatoms. The predicted octanol–water partition coefficient (Wildman–Crippen LogP) is 5.38. The van der Waals surface area contributed by atoms with Gasteiger partial charge in [0.2, 0.25) is 0 Å². The molecular weight excluding hydrogens is 387 g/mol. The van der Waals surface area contributed by atoms with Crippen molar-refractivity contribution in [1.29, 1.82) is 5.26 Å². The summed E-state index contributed by atoms with van der Waals surface area (Å²) in [6.45, 7) is 0. The number of thiazole rings is 1. The lowest BCUT2D eigenvalue weighted by molar-refractivity contribution is -0.137. The number of nitrogens with one attached hydrogen (secondary N) is 2. The first-order chi connectivity index (χ1) is 13.4. The van der Waals surface area contributed by atoms with Crippen molar-refractivity contribution in [2.75, 3.05) is 5.32 Å². The number of hydrogen-bond acceptors (Lipinski definition) is 5. The van der Waals surface area contributed by atoms with Crippen LogP contribution < -0.4 is 5.32 Å². The van der Waals surface area contributed by atoms with E-state index in [0.29, 0.717) is 27.3 Å². The molecule has 2 N–H and O–H groups in total. The fraction of sp³-hybridized carbons (Fsp3) is 0.105. The molecule has 2 heterocycles. The smallest absolute Gasteiger partial charge is 0.366 e. The van der Waals surface area contributed by atoms with Gasteiger partial charge in [-0.2, -0.15) is 18.4 Å². The molecule has 2 aromatic carbocycles. The van der Waals surface area contributed by atoms with E-state index >= 15 is 0 Å². The summed E-state index contributed by atoms with van der Waals surface area (Å²) in [6, 6.07) is 13.9. The van der Waals surface area contributed by atoms with Gasteiger partial charge in [0.05, 0.1) is 28.3 Å². The van der Waals surface area contributed by atoms with Gasteiger partial charge in [-0.05, 0) is 29.3 Å². The fourth-order valence-electron chi connectivity index (χ4n) is 2.76. The predicted molar refractivity (Wildman–Crippen MR) is 101 cm³/mol. The zero-order chi connectivity index (χ0) is 19.7. The van der Waals surface area contributed by atoms with Crippen molar-refractivity contribution in [3.8, 4) is 16.5 Å². The molecule has 0 saturated carbocycles. The van der Waals surface area contributed by atoms with E-state index in [1.54, 1.807) is 30.6 Å². The van der Waals surface area contributed by atoms with Crippen molar-refractivity contribution < 1.29 is 13.2 Å². The number of rotatable bonds is 4. The van der Waals surface area contributed by atoms with Crippen LogP contribution in [0.15, 0.2) is 55.0 Å². The third-order valence-electron chi connectivity index (χ3n) is 4.14. The van der Waals surface area contributed by atoms with Crippen LogP contribution in [0.4, 0.5) is 18.9 Å². The van der Waals surface area contributed by atoms with Crippen LogP contribution in [0.1, 0.15) is 16.6 Å². The summed E-state index contributed by atoms with van der Waals surface area (Å²) in [7, 11) is 0. The average Bonchev–Trinajstić information content (AvgIpc) is 3.35. The Morgan fingerprint density at radius 3 is 2.57 bits per heavy atom. The largest absolute Gasteiger partial charge is 0.443 e. The zero-order valence-electron chi connectivity index (χ0n) is 14.2. The van der Waals surface area contributed by atoms with Crippen LogP contribution in [0.5, 0.6) is 0 Å². The Hall–Kier alpha value is -3.38.